The van der Waals surface area contributed by atoms with Crippen LogP contribution >= 0.6 is 0 Å². The number of hydrogen-bond donors (Lipinski definition) is 4. The van der Waals surface area contributed by atoms with Crippen LogP contribution in [0.5, 0.6) is 0 Å². The van der Waals surface area contributed by atoms with Gasteiger partial charge >= 0.3 is 0 Å². The zero-order valence-corrected chi connectivity index (χ0v) is 12.3. The summed E-state index contributed by atoms with van der Waals surface area (Å²) in [6.45, 7) is 1.85. The maximum absolute atomic E-state index is 10.1. The average Bonchev–Trinajstić information content (AvgIpc) is 3.03. The Balaban J connectivity index is 1.83. The van der Waals surface area contributed by atoms with Gasteiger partial charge in [-0.1, -0.05) is 13.3 Å². The standard InChI is InChI=1S/C13H21N5O4/c1-2-3-13(14)10-11(15-5-17-13)18(6-16-10)12-9(21)8(20)7(4-19)22-12/h5,7-9,12,19-21H,2-4,6,14H2,1H3/t7-,8-,9-,12-,13?/m1/s1. The first-order chi connectivity index (χ1) is 10.5. The second-order valence-corrected chi connectivity index (χ2v) is 5.72. The molecule has 3 heterocycles. The molecule has 1 fully saturated rings. The molecule has 3 rings (SSSR count). The Morgan fingerprint density at radius 3 is 2.86 bits per heavy atom. The van der Waals surface area contributed by atoms with Crippen molar-refractivity contribution in [2.45, 2.75) is 50.0 Å². The Kier molecular flexibility index (Phi) is 4.00. The molecule has 3 aliphatic heterocycles. The fraction of sp³-hybridized carbons (Fsp3) is 0.769. The van der Waals surface area contributed by atoms with Crippen LogP contribution in [0.2, 0.25) is 0 Å². The summed E-state index contributed by atoms with van der Waals surface area (Å²) in [5.74, 6) is 0.501. The first-order valence-corrected chi connectivity index (χ1v) is 7.36. The fourth-order valence-corrected chi connectivity index (χ4v) is 3.04. The molecule has 0 spiro atoms. The van der Waals surface area contributed by atoms with Gasteiger partial charge in [-0.3, -0.25) is 4.99 Å². The summed E-state index contributed by atoms with van der Waals surface area (Å²) in [5, 5.41) is 29.2. The van der Waals surface area contributed by atoms with Gasteiger partial charge in [-0.2, -0.15) is 0 Å². The van der Waals surface area contributed by atoms with Crippen LogP contribution in [0.4, 0.5) is 0 Å². The van der Waals surface area contributed by atoms with Crippen molar-refractivity contribution in [3.8, 4) is 0 Å². The quantitative estimate of drug-likeness (QED) is 0.476. The van der Waals surface area contributed by atoms with Crippen molar-refractivity contribution >= 4 is 17.9 Å². The Morgan fingerprint density at radius 2 is 2.23 bits per heavy atom. The largest absolute Gasteiger partial charge is 0.394 e. The number of amidine groups is 1. The van der Waals surface area contributed by atoms with Crippen LogP contribution in [-0.4, -0.2) is 81.6 Å². The van der Waals surface area contributed by atoms with Crippen LogP contribution in [0.1, 0.15) is 19.8 Å². The summed E-state index contributed by atoms with van der Waals surface area (Å²) in [4.78, 5) is 14.5. The van der Waals surface area contributed by atoms with E-state index < -0.39 is 30.2 Å². The molecule has 0 aromatic heterocycles. The molecule has 9 heteroatoms. The predicted octanol–water partition coefficient (Wildman–Crippen LogP) is -1.96. The molecule has 5 N–H and O–H groups in total. The molecular formula is C13H21N5O4. The summed E-state index contributed by atoms with van der Waals surface area (Å²) in [6, 6.07) is 0. The number of nitrogens with zero attached hydrogens (tertiary/aromatic N) is 4. The van der Waals surface area contributed by atoms with Gasteiger partial charge in [0.15, 0.2) is 17.7 Å². The van der Waals surface area contributed by atoms with Crippen LogP contribution in [0.25, 0.3) is 0 Å². The van der Waals surface area contributed by atoms with Crippen LogP contribution in [0.3, 0.4) is 0 Å². The lowest BCUT2D eigenvalue weighted by atomic mass is 9.98. The molecule has 122 valence electrons. The van der Waals surface area contributed by atoms with Crippen molar-refractivity contribution < 1.29 is 20.1 Å². The molecule has 0 saturated carbocycles. The smallest absolute Gasteiger partial charge is 0.162 e. The highest BCUT2D eigenvalue weighted by atomic mass is 16.6. The highest BCUT2D eigenvalue weighted by Gasteiger charge is 2.50. The van der Waals surface area contributed by atoms with E-state index in [4.69, 9.17) is 10.5 Å². The third kappa shape index (κ3) is 2.25. The van der Waals surface area contributed by atoms with Crippen molar-refractivity contribution in [2.75, 3.05) is 13.3 Å². The number of nitrogens with two attached hydrogens (primary N) is 1. The van der Waals surface area contributed by atoms with Gasteiger partial charge in [-0.05, 0) is 6.42 Å². The Labute approximate surface area is 127 Å². The van der Waals surface area contributed by atoms with Gasteiger partial charge < -0.3 is 30.7 Å². The van der Waals surface area contributed by atoms with Crippen LogP contribution in [-0.2, 0) is 4.74 Å². The molecule has 0 aromatic carbocycles. The Morgan fingerprint density at radius 1 is 1.45 bits per heavy atom. The number of aliphatic hydroxyl groups excluding tert-OH is 3. The van der Waals surface area contributed by atoms with E-state index in [0.717, 1.165) is 6.42 Å². The van der Waals surface area contributed by atoms with Crippen LogP contribution in [0, 0.1) is 0 Å². The normalized spacial score (nSPS) is 40.7. The number of aliphatic hydroxyl groups is 3. The minimum Gasteiger partial charge on any atom is -0.394 e. The van der Waals surface area contributed by atoms with Crippen molar-refractivity contribution in [1.29, 1.82) is 0 Å². The molecular weight excluding hydrogens is 290 g/mol. The molecule has 22 heavy (non-hydrogen) atoms. The average molecular weight is 311 g/mol. The molecule has 9 nitrogen and oxygen atoms in total. The van der Waals surface area contributed by atoms with E-state index in [2.05, 4.69) is 15.0 Å². The summed E-state index contributed by atoms with van der Waals surface area (Å²) in [7, 11) is 0. The Hall–Kier alpha value is -1.39. The molecule has 1 saturated heterocycles. The molecule has 5 atom stereocenters. The van der Waals surface area contributed by atoms with E-state index in [1.54, 1.807) is 4.90 Å². The molecule has 0 bridgehead atoms. The van der Waals surface area contributed by atoms with Crippen molar-refractivity contribution in [3.63, 3.8) is 0 Å². The lowest BCUT2D eigenvalue weighted by molar-refractivity contribution is -0.0688. The van der Waals surface area contributed by atoms with E-state index in [1.807, 2.05) is 6.92 Å². The van der Waals surface area contributed by atoms with Gasteiger partial charge in [0.2, 0.25) is 0 Å². The second-order valence-electron chi connectivity index (χ2n) is 5.72. The fourth-order valence-electron chi connectivity index (χ4n) is 3.04. The van der Waals surface area contributed by atoms with E-state index in [1.165, 1.54) is 6.34 Å². The van der Waals surface area contributed by atoms with Crippen molar-refractivity contribution in [2.24, 2.45) is 20.7 Å². The van der Waals surface area contributed by atoms with Gasteiger partial charge in [0.25, 0.3) is 0 Å². The first kappa shape index (κ1) is 15.5. The van der Waals surface area contributed by atoms with Crippen LogP contribution < -0.4 is 5.73 Å². The maximum atomic E-state index is 10.1. The first-order valence-electron chi connectivity index (χ1n) is 7.36. The third-order valence-corrected chi connectivity index (χ3v) is 4.20. The van der Waals surface area contributed by atoms with Gasteiger partial charge in [0.1, 0.15) is 37.0 Å². The monoisotopic (exact) mass is 311 g/mol. The van der Waals surface area contributed by atoms with Gasteiger partial charge in [0, 0.05) is 0 Å². The maximum Gasteiger partial charge on any atom is 0.162 e. The number of fused-ring (bicyclic) bond motifs is 1. The lowest BCUT2D eigenvalue weighted by Gasteiger charge is -2.32. The topological polar surface area (TPSA) is 136 Å². The third-order valence-electron chi connectivity index (χ3n) is 4.20. The van der Waals surface area contributed by atoms with E-state index in [-0.39, 0.29) is 13.3 Å². The number of ether oxygens (including phenoxy) is 1. The molecule has 3 aliphatic rings. The molecule has 0 aliphatic carbocycles. The number of aliphatic imine (C=N–C) groups is 3. The number of hydrogen-bond acceptors (Lipinski definition) is 9. The molecule has 1 unspecified atom stereocenters. The van der Waals surface area contributed by atoms with Crippen molar-refractivity contribution in [1.82, 2.24) is 4.90 Å². The van der Waals surface area contributed by atoms with Gasteiger partial charge in [-0.25, -0.2) is 9.98 Å². The zero-order valence-electron chi connectivity index (χ0n) is 12.3. The van der Waals surface area contributed by atoms with Gasteiger partial charge in [-0.15, -0.1) is 0 Å². The van der Waals surface area contributed by atoms with E-state index >= 15 is 0 Å². The van der Waals surface area contributed by atoms with Crippen LogP contribution in [0.15, 0.2) is 15.0 Å². The number of rotatable bonds is 4. The second kappa shape index (κ2) is 5.67. The predicted molar refractivity (Wildman–Crippen MR) is 79.7 cm³/mol. The Bertz CT molecular complexity index is 537. The minimum absolute atomic E-state index is 0.215. The highest BCUT2D eigenvalue weighted by Crippen LogP contribution is 2.29. The van der Waals surface area contributed by atoms with Crippen molar-refractivity contribution in [3.05, 3.63) is 0 Å². The molecule has 0 aromatic rings. The summed E-state index contributed by atoms with van der Waals surface area (Å²) < 4.78 is 5.53. The SMILES string of the molecule is CCCC1(N)N=CN=C2C1=NCN2[C@@H]1O[C@H](CO)[C@@H](O)[C@H]1O. The lowest BCUT2D eigenvalue weighted by Crippen LogP contribution is -2.55. The minimum atomic E-state index is -1.16. The molecule has 0 radical (unpaired) electrons. The van der Waals surface area contributed by atoms with E-state index in [9.17, 15) is 15.3 Å². The highest BCUT2D eigenvalue weighted by molar-refractivity contribution is 6.47. The summed E-state index contributed by atoms with van der Waals surface area (Å²) >= 11 is 0. The summed E-state index contributed by atoms with van der Waals surface area (Å²) in [5.41, 5.74) is 5.95. The van der Waals surface area contributed by atoms with E-state index in [0.29, 0.717) is 18.0 Å². The summed E-state index contributed by atoms with van der Waals surface area (Å²) in [6.07, 6.45) is -1.12. The van der Waals surface area contributed by atoms with Gasteiger partial charge in [0.05, 0.1) is 6.61 Å². The molecule has 0 amide bonds. The zero-order chi connectivity index (χ0) is 15.9.